The molecule has 4 rings (SSSR count). The molecule has 1 aliphatic heterocycles. The number of fused-ring (bicyclic) bond motifs is 1. The van der Waals surface area contributed by atoms with Crippen LogP contribution in [0.4, 0.5) is 0 Å². The normalized spacial score (nSPS) is 14.7. The number of Topliss-reactive ketones (excluding diaryl/α,β-unsaturated/α-hetero) is 1. The molecule has 152 valence electrons. The highest BCUT2D eigenvalue weighted by atomic mass is 16.5. The maximum Gasteiger partial charge on any atom is 0.224 e. The molecule has 0 aromatic heterocycles. The van der Waals surface area contributed by atoms with E-state index in [1.54, 1.807) is 6.92 Å². The van der Waals surface area contributed by atoms with E-state index in [1.165, 1.54) is 0 Å². The average Bonchev–Trinajstić information content (AvgIpc) is 3.16. The van der Waals surface area contributed by atoms with E-state index in [2.05, 4.69) is 11.4 Å². The Labute approximate surface area is 176 Å². The van der Waals surface area contributed by atoms with Gasteiger partial charge in [-0.25, -0.2) is 0 Å². The third kappa shape index (κ3) is 4.28. The molecule has 1 heterocycles. The maximum absolute atomic E-state index is 12.3. The van der Waals surface area contributed by atoms with Crippen LogP contribution in [0.2, 0.25) is 0 Å². The predicted molar refractivity (Wildman–Crippen MR) is 118 cm³/mol. The monoisotopic (exact) mass is 399 g/mol. The largest absolute Gasteiger partial charge is 0.488 e. The van der Waals surface area contributed by atoms with Gasteiger partial charge in [0, 0.05) is 12.0 Å². The van der Waals surface area contributed by atoms with E-state index in [0.717, 1.165) is 45.6 Å². The molecular formula is C26H25NO3. The molecule has 1 unspecified atom stereocenters. The lowest BCUT2D eigenvalue weighted by molar-refractivity contribution is -0.120. The van der Waals surface area contributed by atoms with E-state index in [0.29, 0.717) is 13.0 Å². The summed E-state index contributed by atoms with van der Waals surface area (Å²) < 4.78 is 6.02. The second-order valence-corrected chi connectivity index (χ2v) is 7.78. The van der Waals surface area contributed by atoms with Gasteiger partial charge >= 0.3 is 0 Å². The number of aryl methyl sites for hydroxylation is 1. The van der Waals surface area contributed by atoms with Crippen molar-refractivity contribution in [2.24, 2.45) is 0 Å². The summed E-state index contributed by atoms with van der Waals surface area (Å²) in [6.07, 6.45) is 1.02. The van der Waals surface area contributed by atoms with Crippen molar-refractivity contribution >= 4 is 11.7 Å². The number of rotatable bonds is 6. The zero-order valence-electron chi connectivity index (χ0n) is 17.3. The summed E-state index contributed by atoms with van der Waals surface area (Å²) in [6, 6.07) is 21.6. The molecule has 1 N–H and O–H groups in total. The van der Waals surface area contributed by atoms with Crippen LogP contribution in [0.3, 0.4) is 0 Å². The number of hydrogen-bond donors (Lipinski definition) is 1. The van der Waals surface area contributed by atoms with Crippen LogP contribution in [0, 0.1) is 6.92 Å². The predicted octanol–water partition coefficient (Wildman–Crippen LogP) is 4.53. The van der Waals surface area contributed by atoms with Gasteiger partial charge < -0.3 is 10.1 Å². The lowest BCUT2D eigenvalue weighted by atomic mass is 9.95. The molecule has 0 spiro atoms. The van der Waals surface area contributed by atoms with Crippen molar-refractivity contribution in [3.8, 4) is 16.9 Å². The summed E-state index contributed by atoms with van der Waals surface area (Å²) in [6.45, 7) is 4.07. The summed E-state index contributed by atoms with van der Waals surface area (Å²) in [7, 11) is 0. The first-order valence-electron chi connectivity index (χ1n) is 10.2. The quantitative estimate of drug-likeness (QED) is 0.620. The number of hydrogen-bond acceptors (Lipinski definition) is 3. The van der Waals surface area contributed by atoms with E-state index in [-0.39, 0.29) is 17.8 Å². The maximum atomic E-state index is 12.3. The van der Waals surface area contributed by atoms with Gasteiger partial charge in [0.25, 0.3) is 0 Å². The molecule has 4 nitrogen and oxygen atoms in total. The highest BCUT2D eigenvalue weighted by molar-refractivity contribution is 6.00. The Morgan fingerprint density at radius 2 is 1.80 bits per heavy atom. The third-order valence-corrected chi connectivity index (χ3v) is 5.56. The Morgan fingerprint density at radius 3 is 2.60 bits per heavy atom. The molecule has 3 aromatic rings. The van der Waals surface area contributed by atoms with Crippen molar-refractivity contribution in [3.05, 3.63) is 89.0 Å². The minimum atomic E-state index is -0.0841. The molecule has 0 radical (unpaired) electrons. The van der Waals surface area contributed by atoms with Crippen molar-refractivity contribution in [3.63, 3.8) is 0 Å². The van der Waals surface area contributed by atoms with E-state index in [9.17, 15) is 9.59 Å². The Bertz CT molecular complexity index is 1100. The number of nitrogens with one attached hydrogen (secondary N) is 1. The van der Waals surface area contributed by atoms with Gasteiger partial charge in [-0.05, 0) is 53.8 Å². The Balaban J connectivity index is 1.40. The minimum absolute atomic E-state index is 0.0000642. The smallest absolute Gasteiger partial charge is 0.224 e. The number of amides is 1. The third-order valence-electron chi connectivity index (χ3n) is 5.56. The van der Waals surface area contributed by atoms with Crippen LogP contribution >= 0.6 is 0 Å². The Morgan fingerprint density at radius 1 is 1.03 bits per heavy atom. The van der Waals surface area contributed by atoms with Gasteiger partial charge in [-0.2, -0.15) is 0 Å². The molecule has 1 amide bonds. The lowest BCUT2D eigenvalue weighted by Gasteiger charge is -2.12. The molecule has 1 atom stereocenters. The SMILES string of the molecule is CC(=O)c1ccccc1-c1ccc2c(c1)CC(CNC(=O)Cc1ccccc1C)O2. The second-order valence-electron chi connectivity index (χ2n) is 7.78. The molecular weight excluding hydrogens is 374 g/mol. The van der Waals surface area contributed by atoms with Crippen LogP contribution in [0.5, 0.6) is 5.75 Å². The summed E-state index contributed by atoms with van der Waals surface area (Å²) in [4.78, 5) is 24.3. The fourth-order valence-electron chi connectivity index (χ4n) is 3.92. The van der Waals surface area contributed by atoms with E-state index in [1.807, 2.05) is 67.6 Å². The van der Waals surface area contributed by atoms with Crippen LogP contribution in [0.25, 0.3) is 11.1 Å². The Hall–Kier alpha value is -3.40. The highest BCUT2D eigenvalue weighted by Gasteiger charge is 2.24. The standard InChI is InChI=1S/C26H25NO3/c1-17-7-3-4-8-19(17)15-26(29)27-16-22-14-21-13-20(11-12-25(21)30-22)24-10-6-5-9-23(24)18(2)28/h3-13,22H,14-16H2,1-2H3,(H,27,29). The number of carbonyl (C=O) groups is 2. The van der Waals surface area contributed by atoms with E-state index < -0.39 is 0 Å². The van der Waals surface area contributed by atoms with Gasteiger partial charge in [-0.15, -0.1) is 0 Å². The average molecular weight is 399 g/mol. The van der Waals surface area contributed by atoms with Crippen molar-refractivity contribution in [1.82, 2.24) is 5.32 Å². The van der Waals surface area contributed by atoms with Crippen LogP contribution in [-0.2, 0) is 17.6 Å². The summed E-state index contributed by atoms with van der Waals surface area (Å²) in [5.74, 6) is 0.897. The first-order chi connectivity index (χ1) is 14.5. The molecule has 4 heteroatoms. The summed E-state index contributed by atoms with van der Waals surface area (Å²) in [5.41, 5.74) is 5.92. The van der Waals surface area contributed by atoms with Gasteiger partial charge in [-0.1, -0.05) is 54.6 Å². The van der Waals surface area contributed by atoms with Crippen molar-refractivity contribution < 1.29 is 14.3 Å². The molecule has 0 saturated heterocycles. The zero-order valence-corrected chi connectivity index (χ0v) is 17.3. The fraction of sp³-hybridized carbons (Fsp3) is 0.231. The fourth-order valence-corrected chi connectivity index (χ4v) is 3.92. The zero-order chi connectivity index (χ0) is 21.1. The van der Waals surface area contributed by atoms with Crippen LogP contribution in [0.15, 0.2) is 66.7 Å². The highest BCUT2D eigenvalue weighted by Crippen LogP contribution is 2.34. The van der Waals surface area contributed by atoms with E-state index >= 15 is 0 Å². The first-order valence-corrected chi connectivity index (χ1v) is 10.2. The van der Waals surface area contributed by atoms with Gasteiger partial charge in [0.2, 0.25) is 5.91 Å². The Kier molecular flexibility index (Phi) is 5.66. The number of benzene rings is 3. The molecule has 0 bridgehead atoms. The number of carbonyl (C=O) groups excluding carboxylic acids is 2. The van der Waals surface area contributed by atoms with Gasteiger partial charge in [0.05, 0.1) is 13.0 Å². The van der Waals surface area contributed by atoms with Crippen molar-refractivity contribution in [2.75, 3.05) is 6.54 Å². The van der Waals surface area contributed by atoms with E-state index in [4.69, 9.17) is 4.74 Å². The molecule has 0 fully saturated rings. The second kappa shape index (κ2) is 8.54. The van der Waals surface area contributed by atoms with Crippen LogP contribution in [-0.4, -0.2) is 24.3 Å². The topological polar surface area (TPSA) is 55.4 Å². The van der Waals surface area contributed by atoms with Crippen LogP contribution in [0.1, 0.15) is 34.0 Å². The summed E-state index contributed by atoms with van der Waals surface area (Å²) >= 11 is 0. The number of ketones is 1. The first kappa shape index (κ1) is 19.9. The number of ether oxygens (including phenoxy) is 1. The minimum Gasteiger partial charge on any atom is -0.488 e. The molecule has 0 aliphatic carbocycles. The molecule has 30 heavy (non-hydrogen) atoms. The van der Waals surface area contributed by atoms with Crippen molar-refractivity contribution in [2.45, 2.75) is 32.8 Å². The van der Waals surface area contributed by atoms with Crippen LogP contribution < -0.4 is 10.1 Å². The van der Waals surface area contributed by atoms with Gasteiger partial charge in [0.1, 0.15) is 11.9 Å². The van der Waals surface area contributed by atoms with Gasteiger partial charge in [-0.3, -0.25) is 9.59 Å². The lowest BCUT2D eigenvalue weighted by Crippen LogP contribution is -2.35. The van der Waals surface area contributed by atoms with Gasteiger partial charge in [0.15, 0.2) is 5.78 Å². The summed E-state index contributed by atoms with van der Waals surface area (Å²) in [5, 5.41) is 3.00. The molecule has 0 saturated carbocycles. The molecule has 3 aromatic carbocycles. The van der Waals surface area contributed by atoms with Crippen molar-refractivity contribution in [1.29, 1.82) is 0 Å². The molecule has 1 aliphatic rings.